The number of hydrogen-bond acceptors (Lipinski definition) is 8. The molecule has 0 spiro atoms. The van der Waals surface area contributed by atoms with Crippen molar-refractivity contribution in [3.8, 4) is 0 Å². The van der Waals surface area contributed by atoms with Gasteiger partial charge in [0.25, 0.3) is 18.3 Å². The molecule has 3 aliphatic heterocycles. The summed E-state index contributed by atoms with van der Waals surface area (Å²) < 4.78 is 4.83. The Labute approximate surface area is 220 Å². The van der Waals surface area contributed by atoms with Crippen LogP contribution in [0.2, 0.25) is 0 Å². The van der Waals surface area contributed by atoms with E-state index >= 15 is 0 Å². The largest absolute Gasteiger partial charge is 0.483 e. The van der Waals surface area contributed by atoms with E-state index in [1.54, 1.807) is 12.3 Å². The van der Waals surface area contributed by atoms with E-state index in [-0.39, 0.29) is 36.4 Å². The maximum atomic E-state index is 13.8. The maximum absolute atomic E-state index is 13.8. The van der Waals surface area contributed by atoms with Crippen LogP contribution < -0.4 is 4.90 Å². The van der Waals surface area contributed by atoms with E-state index in [1.807, 2.05) is 28.0 Å². The zero-order chi connectivity index (χ0) is 26.6. The zero-order valence-electron chi connectivity index (χ0n) is 21.1. The van der Waals surface area contributed by atoms with Crippen molar-refractivity contribution in [3.05, 3.63) is 77.8 Å². The molecule has 11 heteroatoms. The van der Waals surface area contributed by atoms with Gasteiger partial charge in [-0.15, -0.1) is 0 Å². The van der Waals surface area contributed by atoms with Crippen LogP contribution in [-0.2, 0) is 4.79 Å². The summed E-state index contributed by atoms with van der Waals surface area (Å²) in [5.74, 6) is 0.584. The van der Waals surface area contributed by atoms with Gasteiger partial charge in [-0.3, -0.25) is 14.4 Å². The number of likely N-dealkylation sites (tertiary alicyclic amines) is 2. The third-order valence-electron chi connectivity index (χ3n) is 7.48. The van der Waals surface area contributed by atoms with Gasteiger partial charge in [-0.05, 0) is 31.2 Å². The second kappa shape index (κ2) is 11.0. The first-order chi connectivity index (χ1) is 18.5. The minimum Gasteiger partial charge on any atom is -0.483 e. The number of pyridine rings is 1. The number of anilines is 1. The molecule has 5 heterocycles. The van der Waals surface area contributed by atoms with Crippen molar-refractivity contribution in [3.63, 3.8) is 0 Å². The average molecular weight is 519 g/mol. The second-order valence-electron chi connectivity index (χ2n) is 9.71. The molecule has 2 amide bonds. The van der Waals surface area contributed by atoms with Gasteiger partial charge in [0, 0.05) is 45.0 Å². The first-order valence-corrected chi connectivity index (χ1v) is 12.6. The highest BCUT2D eigenvalue weighted by Crippen LogP contribution is 2.36. The average Bonchev–Trinajstić information content (AvgIpc) is 3.72. The normalized spacial score (nSPS) is 22.7. The van der Waals surface area contributed by atoms with Crippen molar-refractivity contribution < 1.29 is 24.0 Å². The van der Waals surface area contributed by atoms with Crippen LogP contribution in [0.1, 0.15) is 38.9 Å². The quantitative estimate of drug-likeness (QED) is 0.517. The number of benzene rings is 1. The fraction of sp³-hybridized carbons (Fsp3) is 0.370. The Kier molecular flexibility index (Phi) is 7.36. The maximum Gasteiger partial charge on any atom is 0.290 e. The van der Waals surface area contributed by atoms with Gasteiger partial charge in [-0.25, -0.2) is 4.98 Å². The summed E-state index contributed by atoms with van der Waals surface area (Å²) in [6, 6.07) is 15.8. The first kappa shape index (κ1) is 25.4. The van der Waals surface area contributed by atoms with Crippen LogP contribution in [0, 0.1) is 0 Å². The van der Waals surface area contributed by atoms with Gasteiger partial charge >= 0.3 is 0 Å². The van der Waals surface area contributed by atoms with E-state index in [9.17, 15) is 9.59 Å². The van der Waals surface area contributed by atoms with Gasteiger partial charge < -0.3 is 29.2 Å². The van der Waals surface area contributed by atoms with E-state index in [4.69, 9.17) is 19.4 Å². The molecule has 3 atom stereocenters. The molecule has 6 rings (SSSR count). The molecular weight excluding hydrogens is 488 g/mol. The van der Waals surface area contributed by atoms with E-state index < -0.39 is 0 Å². The standard InChI is InChI=1S/C26H28N6O3.CH2O2/c1-29-11-12-30(23(17-29)18-6-3-2-4-7-18)24-21(8-5-10-27-24)25(33)31-15-20-14-19(31)16-32(20)26(34)22-9-13-35-28-22;2-1-3/h2-10,13,19-20,23H,11-12,14-17H2,1H3;1H,(H,2,3)/t19-,20-,23?;/m0./s1. The van der Waals surface area contributed by atoms with Crippen molar-refractivity contribution in [1.29, 1.82) is 0 Å². The highest BCUT2D eigenvalue weighted by atomic mass is 16.5. The Morgan fingerprint density at radius 1 is 0.974 bits per heavy atom. The minimum atomic E-state index is -0.250. The minimum absolute atomic E-state index is 0.00558. The molecule has 0 radical (unpaired) electrons. The molecule has 1 aromatic carbocycles. The number of likely N-dealkylation sites (N-methyl/N-ethyl adjacent to an activating group) is 1. The summed E-state index contributed by atoms with van der Waals surface area (Å²) in [5, 5.41) is 10.7. The van der Waals surface area contributed by atoms with Gasteiger partial charge in [0.1, 0.15) is 12.1 Å². The molecule has 0 saturated carbocycles. The van der Waals surface area contributed by atoms with E-state index in [0.29, 0.717) is 24.3 Å². The number of carbonyl (C=O) groups is 3. The van der Waals surface area contributed by atoms with Crippen LogP contribution >= 0.6 is 0 Å². The Bertz CT molecular complexity index is 1270. The predicted molar refractivity (Wildman–Crippen MR) is 138 cm³/mol. The summed E-state index contributed by atoms with van der Waals surface area (Å²) >= 11 is 0. The number of carbonyl (C=O) groups excluding carboxylic acids is 2. The fourth-order valence-electron chi connectivity index (χ4n) is 5.72. The van der Waals surface area contributed by atoms with Crippen molar-refractivity contribution in [2.75, 3.05) is 44.7 Å². The molecule has 2 bridgehead atoms. The second-order valence-corrected chi connectivity index (χ2v) is 9.71. The predicted octanol–water partition coefficient (Wildman–Crippen LogP) is 2.00. The van der Waals surface area contributed by atoms with Gasteiger partial charge in [0.15, 0.2) is 5.69 Å². The number of piperazine rings is 2. The SMILES string of the molecule is CN1CCN(c2ncccc2C(=O)N2C[C@@H]3C[C@H]2CN3C(=O)c2ccon2)C(c2ccccc2)C1.O=CO. The van der Waals surface area contributed by atoms with Crippen LogP contribution in [0.15, 0.2) is 65.5 Å². The third kappa shape index (κ3) is 4.84. The first-order valence-electron chi connectivity index (χ1n) is 12.6. The summed E-state index contributed by atoms with van der Waals surface area (Å²) in [6.45, 7) is 3.34. The molecule has 3 saturated heterocycles. The summed E-state index contributed by atoms with van der Waals surface area (Å²) in [6.07, 6.45) is 3.95. The van der Waals surface area contributed by atoms with Crippen LogP contribution in [0.25, 0.3) is 0 Å². The Balaban J connectivity index is 0.000000937. The van der Waals surface area contributed by atoms with Crippen molar-refractivity contribution >= 4 is 24.1 Å². The van der Waals surface area contributed by atoms with Crippen molar-refractivity contribution in [2.45, 2.75) is 24.5 Å². The van der Waals surface area contributed by atoms with Crippen LogP contribution in [0.4, 0.5) is 5.82 Å². The Morgan fingerprint density at radius 2 is 1.68 bits per heavy atom. The van der Waals surface area contributed by atoms with E-state index in [2.05, 4.69) is 46.3 Å². The number of aromatic nitrogens is 2. The number of amides is 2. The lowest BCUT2D eigenvalue weighted by atomic mass is 10.0. The lowest BCUT2D eigenvalue weighted by Gasteiger charge is -2.42. The van der Waals surface area contributed by atoms with Crippen molar-refractivity contribution in [1.82, 2.24) is 24.8 Å². The molecule has 198 valence electrons. The third-order valence-corrected chi connectivity index (χ3v) is 7.48. The van der Waals surface area contributed by atoms with E-state index in [0.717, 1.165) is 31.9 Å². The Hall–Kier alpha value is -4.25. The number of hydrogen-bond donors (Lipinski definition) is 1. The summed E-state index contributed by atoms with van der Waals surface area (Å²) in [4.78, 5) is 48.0. The van der Waals surface area contributed by atoms with Gasteiger partial charge in [0.05, 0.1) is 23.7 Å². The molecule has 0 aliphatic carbocycles. The van der Waals surface area contributed by atoms with Crippen molar-refractivity contribution in [2.24, 2.45) is 0 Å². The number of rotatable bonds is 4. The van der Waals surface area contributed by atoms with Crippen LogP contribution in [0.3, 0.4) is 0 Å². The fourth-order valence-corrected chi connectivity index (χ4v) is 5.72. The van der Waals surface area contributed by atoms with Gasteiger partial charge in [-0.1, -0.05) is 35.5 Å². The van der Waals surface area contributed by atoms with Crippen LogP contribution in [-0.4, -0.2) is 100 Å². The highest BCUT2D eigenvalue weighted by Gasteiger charge is 2.48. The molecule has 3 aromatic rings. The molecule has 1 N–H and O–H groups in total. The molecule has 3 fully saturated rings. The molecule has 2 aromatic heterocycles. The van der Waals surface area contributed by atoms with Gasteiger partial charge in [0.2, 0.25) is 0 Å². The Morgan fingerprint density at radius 3 is 2.34 bits per heavy atom. The summed E-state index contributed by atoms with van der Waals surface area (Å²) in [7, 11) is 2.13. The number of nitrogens with zero attached hydrogens (tertiary/aromatic N) is 6. The topological polar surface area (TPSA) is 123 Å². The smallest absolute Gasteiger partial charge is 0.290 e. The zero-order valence-corrected chi connectivity index (χ0v) is 21.1. The molecular formula is C27H30N6O5. The summed E-state index contributed by atoms with van der Waals surface area (Å²) in [5.41, 5.74) is 2.15. The lowest BCUT2D eigenvalue weighted by molar-refractivity contribution is -0.122. The monoisotopic (exact) mass is 518 g/mol. The number of fused-ring (bicyclic) bond motifs is 2. The van der Waals surface area contributed by atoms with Gasteiger partial charge in [-0.2, -0.15) is 0 Å². The lowest BCUT2D eigenvalue weighted by Crippen LogP contribution is -2.51. The molecule has 11 nitrogen and oxygen atoms in total. The highest BCUT2D eigenvalue weighted by molar-refractivity contribution is 6.00. The van der Waals surface area contributed by atoms with Crippen LogP contribution in [0.5, 0.6) is 0 Å². The van der Waals surface area contributed by atoms with E-state index in [1.165, 1.54) is 11.8 Å². The molecule has 1 unspecified atom stereocenters. The molecule has 3 aliphatic rings. The molecule has 38 heavy (non-hydrogen) atoms. The number of carboxylic acid groups (broad SMARTS) is 1.